The lowest BCUT2D eigenvalue weighted by Crippen LogP contribution is -2.55. The summed E-state index contributed by atoms with van der Waals surface area (Å²) in [7, 11) is -3.73. The first-order valence-electron chi connectivity index (χ1n) is 26.9. The van der Waals surface area contributed by atoms with Crippen molar-refractivity contribution >= 4 is 60.5 Å². The Bertz CT molecular complexity index is 3020. The van der Waals surface area contributed by atoms with E-state index in [4.69, 9.17) is 4.74 Å². The molecule has 75 heavy (non-hydrogen) atoms. The molecule has 390 valence electrons. The molecule has 0 radical (unpaired) electrons. The number of para-hydroxylation sites is 2. The Morgan fingerprint density at radius 1 is 0.693 bits per heavy atom. The monoisotopic (exact) mass is 1030 g/mol. The number of hydrogen-bond donors (Lipinski definition) is 3. The first-order chi connectivity index (χ1) is 36.3. The Kier molecular flexibility index (Phi) is 12.5. The van der Waals surface area contributed by atoms with Crippen molar-refractivity contribution in [1.29, 1.82) is 0 Å². The highest BCUT2D eigenvalue weighted by Crippen LogP contribution is 2.61. The van der Waals surface area contributed by atoms with Gasteiger partial charge < -0.3 is 44.2 Å². The normalized spacial score (nSPS) is 26.1. The largest absolute Gasteiger partial charge is 0.394 e. The molecular weight excluding hydrogens is 964 g/mol. The van der Waals surface area contributed by atoms with Crippen molar-refractivity contribution in [3.05, 3.63) is 150 Å². The molecule has 5 atom stereocenters. The van der Waals surface area contributed by atoms with E-state index in [0.29, 0.717) is 82.0 Å². The van der Waals surface area contributed by atoms with Crippen LogP contribution in [0.3, 0.4) is 0 Å². The predicted octanol–water partition coefficient (Wildman–Crippen LogP) is 7.21. The molecule has 12 rings (SSSR count). The second kappa shape index (κ2) is 19.0. The van der Waals surface area contributed by atoms with Crippen LogP contribution in [0.15, 0.2) is 127 Å². The van der Waals surface area contributed by atoms with Gasteiger partial charge in [0.25, 0.3) is 17.7 Å². The highest BCUT2D eigenvalue weighted by atomic mass is 28.4. The predicted molar refractivity (Wildman–Crippen MR) is 291 cm³/mol. The maximum absolute atomic E-state index is 17.4. The van der Waals surface area contributed by atoms with E-state index in [2.05, 4.69) is 32.6 Å². The number of nitrogens with zero attached hydrogens (tertiary/aromatic N) is 6. The van der Waals surface area contributed by atoms with Gasteiger partial charge in [-0.15, -0.1) is 0 Å². The number of benzene rings is 5. The van der Waals surface area contributed by atoms with Gasteiger partial charge in [0.1, 0.15) is 11.1 Å². The summed E-state index contributed by atoms with van der Waals surface area (Å²) in [5.74, 6) is -1.31. The third-order valence-electron chi connectivity index (χ3n) is 18.0. The first kappa shape index (κ1) is 49.4. The summed E-state index contributed by atoms with van der Waals surface area (Å²) in [6.45, 7) is 8.86. The molecule has 0 aliphatic carbocycles. The minimum atomic E-state index is -3.73. The van der Waals surface area contributed by atoms with Crippen LogP contribution in [0.1, 0.15) is 61.3 Å². The quantitative estimate of drug-likeness (QED) is 0.0972. The highest BCUT2D eigenvalue weighted by molar-refractivity contribution is 6.72. The average molecular weight is 1030 g/mol. The summed E-state index contributed by atoms with van der Waals surface area (Å²) in [5, 5.41) is 17.5. The van der Waals surface area contributed by atoms with Crippen LogP contribution in [-0.2, 0) is 49.0 Å². The number of carbonyl (C=O) groups excluding carboxylic acids is 4. The maximum Gasteiger partial charge on any atom is 0.264 e. The van der Waals surface area contributed by atoms with E-state index in [-0.39, 0.29) is 43.2 Å². The third-order valence-corrected chi connectivity index (χ3v) is 20.4. The molecule has 5 fully saturated rings. The molecule has 7 heterocycles. The molecule has 7 aliphatic heterocycles. The number of hydrogen-bond acceptors (Lipinski definition) is 10. The van der Waals surface area contributed by atoms with E-state index in [0.717, 1.165) is 46.8 Å². The number of nitrogens with one attached hydrogen (secondary N) is 2. The summed E-state index contributed by atoms with van der Waals surface area (Å²) in [4.78, 5) is 72.2. The Morgan fingerprint density at radius 2 is 1.24 bits per heavy atom. The average Bonchev–Trinajstić information content (AvgIpc) is 4.07. The van der Waals surface area contributed by atoms with Crippen LogP contribution in [0.5, 0.6) is 0 Å². The molecule has 4 amide bonds. The summed E-state index contributed by atoms with van der Waals surface area (Å²) < 4.78 is 24.6. The minimum absolute atomic E-state index is 0.0195. The van der Waals surface area contributed by atoms with Gasteiger partial charge in [-0.2, -0.15) is 0 Å². The second-order valence-corrected chi connectivity index (χ2v) is 26.2. The molecular formula is C59H67FN8O6Si. The van der Waals surface area contributed by atoms with Crippen LogP contribution in [-0.4, -0.2) is 111 Å². The van der Waals surface area contributed by atoms with Crippen molar-refractivity contribution in [3.63, 3.8) is 0 Å². The highest BCUT2D eigenvalue weighted by Gasteiger charge is 2.67. The van der Waals surface area contributed by atoms with Gasteiger partial charge in [0, 0.05) is 46.3 Å². The number of aliphatic hydroxyl groups is 1. The molecule has 7 aliphatic rings. The number of ether oxygens (including phenoxy) is 1. The number of amides is 4. The molecule has 5 aromatic rings. The van der Waals surface area contributed by atoms with Gasteiger partial charge in [0.2, 0.25) is 14.3 Å². The Labute approximate surface area is 439 Å². The number of piperidine rings is 2. The van der Waals surface area contributed by atoms with Crippen molar-refractivity contribution in [1.82, 2.24) is 15.5 Å². The molecule has 5 saturated heterocycles. The van der Waals surface area contributed by atoms with Crippen LogP contribution >= 0.6 is 0 Å². The topological polar surface area (TPSA) is 141 Å². The van der Waals surface area contributed by atoms with Gasteiger partial charge >= 0.3 is 0 Å². The number of aliphatic hydroxyl groups excluding tert-OH is 1. The number of anilines is 5. The fraction of sp³-hybridized carbons (Fsp3) is 0.424. The van der Waals surface area contributed by atoms with Gasteiger partial charge in [-0.1, -0.05) is 79.7 Å². The zero-order valence-electron chi connectivity index (χ0n) is 43.1. The molecule has 0 unspecified atom stereocenters. The standard InChI is InChI=1S/C59H67FN8O6Si/c1-40-53(75(2,3)60)51(34-52(70)63-36-43-15-11-10-14-42(43)32-48(63)37-69)74-59(40)49-33-47(66-39-68(45-18-8-5-9-19-45)58(55(66)72)25-29-62-30-26-58)21-22-50(49)64(56(59)73)35-41-13-12-20-46(31-41)65-38-67(44-16-6-4-7-17-44)57(54(65)71)23-27-61-28-24-57/h4-22,31,33,40,48,51,53,61-62,69H,23-30,32,34-39H2,1-3H3/t40-,48-,51+,53-,59+/m0/s1. The van der Waals surface area contributed by atoms with E-state index in [1.165, 1.54) is 0 Å². The van der Waals surface area contributed by atoms with Crippen LogP contribution in [0.4, 0.5) is 32.5 Å². The number of carbonyl (C=O) groups is 4. The Balaban J connectivity index is 0.923. The third kappa shape index (κ3) is 8.00. The molecule has 3 N–H and O–H groups in total. The van der Waals surface area contributed by atoms with Gasteiger partial charge in [0.05, 0.1) is 50.7 Å². The number of rotatable bonds is 10. The smallest absolute Gasteiger partial charge is 0.264 e. The van der Waals surface area contributed by atoms with E-state index in [1.807, 2.05) is 132 Å². The fourth-order valence-electron chi connectivity index (χ4n) is 14.2. The lowest BCUT2D eigenvalue weighted by atomic mass is 9.82. The number of fused-ring (bicyclic) bond motifs is 3. The van der Waals surface area contributed by atoms with Gasteiger partial charge in [-0.3, -0.25) is 29.0 Å². The SMILES string of the molecule is C[C@H]1[C@H]([Si](C)(C)F)[C@@H](CC(=O)N2Cc3ccccc3C[C@H]2CO)O[C@]12C(=O)N(Cc1cccc(N3CN(c4ccccc4)C4(CCNCC4)C3=O)c1)c1ccc(N3CN(c4ccccc4)C4(CCNCC4)C3=O)cc12. The lowest BCUT2D eigenvalue weighted by Gasteiger charge is -2.39. The molecule has 5 aromatic carbocycles. The number of halogens is 1. The van der Waals surface area contributed by atoms with Crippen LogP contribution in [0.25, 0.3) is 0 Å². The fourth-order valence-corrected chi connectivity index (χ4v) is 16.7. The molecule has 16 heteroatoms. The molecule has 3 spiro atoms. The molecule has 0 saturated carbocycles. The summed E-state index contributed by atoms with van der Waals surface area (Å²) in [6.07, 6.45) is 1.94. The zero-order valence-corrected chi connectivity index (χ0v) is 44.1. The van der Waals surface area contributed by atoms with E-state index in [9.17, 15) is 14.7 Å². The van der Waals surface area contributed by atoms with E-state index in [1.54, 1.807) is 22.9 Å². The van der Waals surface area contributed by atoms with Crippen molar-refractivity contribution < 1.29 is 33.1 Å². The van der Waals surface area contributed by atoms with Gasteiger partial charge in [-0.25, -0.2) is 0 Å². The summed E-state index contributed by atoms with van der Waals surface area (Å²) in [5.41, 5.74) is 3.30. The molecule has 0 aromatic heterocycles. The van der Waals surface area contributed by atoms with Crippen LogP contribution < -0.4 is 35.1 Å². The van der Waals surface area contributed by atoms with Gasteiger partial charge in [0.15, 0.2) is 5.60 Å². The zero-order chi connectivity index (χ0) is 51.9. The van der Waals surface area contributed by atoms with Gasteiger partial charge in [-0.05, 0) is 143 Å². The summed E-state index contributed by atoms with van der Waals surface area (Å²) in [6, 6.07) is 41.1. The van der Waals surface area contributed by atoms with E-state index < -0.39 is 48.7 Å². The summed E-state index contributed by atoms with van der Waals surface area (Å²) >= 11 is 0. The molecule has 14 nitrogen and oxygen atoms in total. The Hall–Kier alpha value is -6.43. The minimum Gasteiger partial charge on any atom is -0.394 e. The second-order valence-electron chi connectivity index (χ2n) is 22.4. The Morgan fingerprint density at radius 3 is 1.81 bits per heavy atom. The van der Waals surface area contributed by atoms with Crippen molar-refractivity contribution in [2.24, 2.45) is 5.92 Å². The van der Waals surface area contributed by atoms with Crippen molar-refractivity contribution in [3.8, 4) is 0 Å². The maximum atomic E-state index is 17.4. The van der Waals surface area contributed by atoms with Crippen LogP contribution in [0, 0.1) is 5.92 Å². The molecule has 0 bridgehead atoms. The van der Waals surface area contributed by atoms with Crippen molar-refractivity contribution in [2.45, 2.75) is 106 Å². The van der Waals surface area contributed by atoms with Crippen LogP contribution in [0.2, 0.25) is 18.6 Å². The van der Waals surface area contributed by atoms with E-state index >= 15 is 13.7 Å². The van der Waals surface area contributed by atoms with Crippen molar-refractivity contribution in [2.75, 3.05) is 70.6 Å². The lowest BCUT2D eigenvalue weighted by molar-refractivity contribution is -0.151. The first-order valence-corrected chi connectivity index (χ1v) is 29.8.